The molecule has 6 heteroatoms. The average molecular weight is 244 g/mol. The second-order valence-electron chi connectivity index (χ2n) is 3.61. The average Bonchev–Trinajstić information content (AvgIpc) is 2.38. The molecule has 1 unspecified atom stereocenters. The van der Waals surface area contributed by atoms with Crippen molar-refractivity contribution < 1.29 is 4.92 Å². The fourth-order valence-corrected chi connectivity index (χ4v) is 1.42. The SMILES string of the molecule is C#CC(CCC)Nc1ncc(C#N)cc1[N+](=O)[O-]. The largest absolute Gasteiger partial charge is 0.351 e. The molecule has 0 saturated heterocycles. The lowest BCUT2D eigenvalue weighted by atomic mass is 10.1. The molecule has 18 heavy (non-hydrogen) atoms. The van der Waals surface area contributed by atoms with Gasteiger partial charge in [-0.05, 0) is 6.42 Å². The van der Waals surface area contributed by atoms with E-state index in [0.29, 0.717) is 6.42 Å². The van der Waals surface area contributed by atoms with Crippen LogP contribution in [0.1, 0.15) is 25.3 Å². The molecule has 0 radical (unpaired) electrons. The summed E-state index contributed by atoms with van der Waals surface area (Å²) in [6, 6.07) is 2.67. The molecule has 1 aromatic heterocycles. The quantitative estimate of drug-likeness (QED) is 0.486. The van der Waals surface area contributed by atoms with E-state index in [9.17, 15) is 10.1 Å². The van der Waals surface area contributed by atoms with E-state index in [4.69, 9.17) is 11.7 Å². The number of nitrogens with zero attached hydrogens (tertiary/aromatic N) is 3. The second kappa shape index (κ2) is 6.21. The van der Waals surface area contributed by atoms with Crippen molar-refractivity contribution in [2.24, 2.45) is 0 Å². The maximum Gasteiger partial charge on any atom is 0.312 e. The van der Waals surface area contributed by atoms with Crippen molar-refractivity contribution in [3.8, 4) is 18.4 Å². The summed E-state index contributed by atoms with van der Waals surface area (Å²) >= 11 is 0. The highest BCUT2D eigenvalue weighted by Crippen LogP contribution is 2.23. The molecule has 0 bridgehead atoms. The van der Waals surface area contributed by atoms with Crippen molar-refractivity contribution in [3.05, 3.63) is 27.9 Å². The number of nitriles is 1. The van der Waals surface area contributed by atoms with Crippen LogP contribution in [0, 0.1) is 33.8 Å². The van der Waals surface area contributed by atoms with Crippen LogP contribution in [0.3, 0.4) is 0 Å². The molecule has 0 saturated carbocycles. The minimum Gasteiger partial charge on any atom is -0.351 e. The van der Waals surface area contributed by atoms with E-state index in [0.717, 1.165) is 6.42 Å². The molecule has 0 aliphatic carbocycles. The molecule has 1 N–H and O–H groups in total. The normalized spacial score (nSPS) is 11.1. The maximum absolute atomic E-state index is 10.9. The number of nitro groups is 1. The topological polar surface area (TPSA) is 91.8 Å². The van der Waals surface area contributed by atoms with Gasteiger partial charge in [-0.3, -0.25) is 10.1 Å². The van der Waals surface area contributed by atoms with Crippen LogP contribution in [-0.2, 0) is 0 Å². The van der Waals surface area contributed by atoms with E-state index in [1.54, 1.807) is 6.07 Å². The number of nitrogens with one attached hydrogen (secondary N) is 1. The summed E-state index contributed by atoms with van der Waals surface area (Å²) in [7, 11) is 0. The first-order valence-corrected chi connectivity index (χ1v) is 5.39. The van der Waals surface area contributed by atoms with Gasteiger partial charge in [0.1, 0.15) is 6.07 Å². The Morgan fingerprint density at radius 2 is 2.44 bits per heavy atom. The highest BCUT2D eigenvalue weighted by molar-refractivity contribution is 5.59. The maximum atomic E-state index is 10.9. The number of terminal acetylenes is 1. The predicted octanol–water partition coefficient (Wildman–Crippen LogP) is 2.08. The van der Waals surface area contributed by atoms with Crippen molar-refractivity contribution >= 4 is 11.5 Å². The fraction of sp³-hybridized carbons (Fsp3) is 0.333. The third kappa shape index (κ3) is 3.19. The van der Waals surface area contributed by atoms with Crippen LogP contribution in [0.15, 0.2) is 12.3 Å². The number of hydrogen-bond donors (Lipinski definition) is 1. The summed E-state index contributed by atoms with van der Waals surface area (Å²) in [5, 5.41) is 22.4. The Hall–Kier alpha value is -2.60. The minimum atomic E-state index is -0.588. The van der Waals surface area contributed by atoms with Crippen molar-refractivity contribution in [2.75, 3.05) is 5.32 Å². The third-order valence-corrected chi connectivity index (χ3v) is 2.28. The zero-order chi connectivity index (χ0) is 13.5. The second-order valence-corrected chi connectivity index (χ2v) is 3.61. The van der Waals surface area contributed by atoms with Crippen LogP contribution in [0.5, 0.6) is 0 Å². The number of rotatable bonds is 5. The van der Waals surface area contributed by atoms with Gasteiger partial charge >= 0.3 is 5.69 Å². The van der Waals surface area contributed by atoms with Gasteiger partial charge in [-0.15, -0.1) is 6.42 Å². The van der Waals surface area contributed by atoms with Crippen molar-refractivity contribution in [1.82, 2.24) is 4.98 Å². The van der Waals surface area contributed by atoms with Crippen LogP contribution in [0.2, 0.25) is 0 Å². The lowest BCUT2D eigenvalue weighted by molar-refractivity contribution is -0.384. The van der Waals surface area contributed by atoms with E-state index < -0.39 is 4.92 Å². The Kier molecular flexibility index (Phi) is 4.65. The molecule has 1 heterocycles. The summed E-state index contributed by atoms with van der Waals surface area (Å²) in [4.78, 5) is 14.2. The molecule has 92 valence electrons. The molecule has 0 aliphatic heterocycles. The molecule has 1 aromatic rings. The summed E-state index contributed by atoms with van der Waals surface area (Å²) in [6.45, 7) is 1.96. The first kappa shape index (κ1) is 13.5. The Morgan fingerprint density at radius 3 is 2.94 bits per heavy atom. The number of aromatic nitrogens is 1. The first-order valence-electron chi connectivity index (χ1n) is 5.39. The van der Waals surface area contributed by atoms with E-state index in [-0.39, 0.29) is 23.1 Å². The summed E-state index contributed by atoms with van der Waals surface area (Å²) < 4.78 is 0. The van der Waals surface area contributed by atoms with Gasteiger partial charge in [0.25, 0.3) is 0 Å². The summed E-state index contributed by atoms with van der Waals surface area (Å²) in [5.74, 6) is 2.60. The lowest BCUT2D eigenvalue weighted by Crippen LogP contribution is -2.18. The molecule has 0 aliphatic rings. The van der Waals surface area contributed by atoms with Crippen LogP contribution in [-0.4, -0.2) is 15.9 Å². The van der Waals surface area contributed by atoms with Gasteiger partial charge in [0.05, 0.1) is 16.5 Å². The van der Waals surface area contributed by atoms with Crippen LogP contribution in [0.4, 0.5) is 11.5 Å². The monoisotopic (exact) mass is 244 g/mol. The molecular formula is C12H12N4O2. The van der Waals surface area contributed by atoms with E-state index in [1.807, 2.05) is 6.92 Å². The fourth-order valence-electron chi connectivity index (χ4n) is 1.42. The minimum absolute atomic E-state index is 0.0930. The lowest BCUT2D eigenvalue weighted by Gasteiger charge is -2.12. The van der Waals surface area contributed by atoms with Crippen LogP contribution in [0.25, 0.3) is 0 Å². The van der Waals surface area contributed by atoms with Gasteiger partial charge in [-0.25, -0.2) is 4.98 Å². The summed E-state index contributed by atoms with van der Waals surface area (Å²) in [6.07, 6.45) is 8.14. The Morgan fingerprint density at radius 1 is 1.72 bits per heavy atom. The van der Waals surface area contributed by atoms with Gasteiger partial charge in [0.15, 0.2) is 0 Å². The number of pyridine rings is 1. The molecule has 0 aromatic carbocycles. The van der Waals surface area contributed by atoms with E-state index in [1.165, 1.54) is 12.3 Å². The standard InChI is InChI=1S/C12H12N4O2/c1-3-5-10(4-2)15-12-11(16(17)18)6-9(7-13)8-14-12/h2,6,8,10H,3,5H2,1H3,(H,14,15). The van der Waals surface area contributed by atoms with Gasteiger partial charge < -0.3 is 5.32 Å². The number of hydrogen-bond acceptors (Lipinski definition) is 5. The van der Waals surface area contributed by atoms with Gasteiger partial charge in [0, 0.05) is 12.3 Å². The van der Waals surface area contributed by atoms with Crippen molar-refractivity contribution in [2.45, 2.75) is 25.8 Å². The molecule has 1 atom stereocenters. The van der Waals surface area contributed by atoms with Crippen LogP contribution >= 0.6 is 0 Å². The molecule has 0 amide bonds. The van der Waals surface area contributed by atoms with Gasteiger partial charge in [-0.1, -0.05) is 19.3 Å². The summed E-state index contributed by atoms with van der Waals surface area (Å²) in [5.41, 5.74) is -0.106. The smallest absolute Gasteiger partial charge is 0.312 e. The first-order chi connectivity index (χ1) is 8.62. The molecule has 0 fully saturated rings. The molecule has 0 spiro atoms. The van der Waals surface area contributed by atoms with Crippen molar-refractivity contribution in [3.63, 3.8) is 0 Å². The highest BCUT2D eigenvalue weighted by atomic mass is 16.6. The molecule has 6 nitrogen and oxygen atoms in total. The zero-order valence-corrected chi connectivity index (χ0v) is 9.88. The Balaban J connectivity index is 3.06. The van der Waals surface area contributed by atoms with E-state index >= 15 is 0 Å². The highest BCUT2D eigenvalue weighted by Gasteiger charge is 2.18. The number of anilines is 1. The van der Waals surface area contributed by atoms with Gasteiger partial charge in [0.2, 0.25) is 5.82 Å². The van der Waals surface area contributed by atoms with Gasteiger partial charge in [-0.2, -0.15) is 5.26 Å². The van der Waals surface area contributed by atoms with E-state index in [2.05, 4.69) is 16.2 Å². The Bertz CT molecular complexity index is 528. The van der Waals surface area contributed by atoms with Crippen LogP contribution < -0.4 is 5.32 Å². The van der Waals surface area contributed by atoms with Crippen molar-refractivity contribution in [1.29, 1.82) is 5.26 Å². The predicted molar refractivity (Wildman–Crippen MR) is 66.8 cm³/mol. The Labute approximate surface area is 105 Å². The molecule has 1 rings (SSSR count). The third-order valence-electron chi connectivity index (χ3n) is 2.28. The zero-order valence-electron chi connectivity index (χ0n) is 9.88. The molecular weight excluding hydrogens is 232 g/mol.